The first-order valence-electron chi connectivity index (χ1n) is 2.66. The van der Waals surface area contributed by atoms with Gasteiger partial charge < -0.3 is 0 Å². The first-order chi connectivity index (χ1) is 4.89. The van der Waals surface area contributed by atoms with Gasteiger partial charge in [-0.2, -0.15) is 8.42 Å². The average Bonchev–Trinajstić information content (AvgIpc) is 2.12. The van der Waals surface area contributed by atoms with E-state index in [2.05, 4.69) is 0 Å². The molecule has 0 aromatic carbocycles. The number of nitrogens with one attached hydrogen (secondary N) is 1. The van der Waals surface area contributed by atoms with Crippen molar-refractivity contribution in [2.45, 2.75) is 0 Å². The molecule has 0 spiro atoms. The van der Waals surface area contributed by atoms with Crippen molar-refractivity contribution >= 4 is 38.0 Å². The van der Waals surface area contributed by atoms with E-state index in [0.29, 0.717) is 6.26 Å². The van der Waals surface area contributed by atoms with Gasteiger partial charge in [-0.1, -0.05) is 23.5 Å². The lowest BCUT2D eigenvalue weighted by molar-refractivity contribution is 0.490. The van der Waals surface area contributed by atoms with Crippen LogP contribution in [0.2, 0.25) is 0 Å². The highest BCUT2D eigenvalue weighted by Gasteiger charge is 2.04. The van der Waals surface area contributed by atoms with Gasteiger partial charge in [-0.3, -0.25) is 9.96 Å². The van der Waals surface area contributed by atoms with Crippen LogP contribution in [0.5, 0.6) is 0 Å². The standard InChI is InChI=1S/C3H5NS2.CH4O3S/c4-3-5-1-2-6-3;1-5(2,3)4/h4H,1-2H2;1H3,(H,2,3,4). The lowest BCUT2D eigenvalue weighted by Gasteiger charge is -1.76. The van der Waals surface area contributed by atoms with Crippen LogP contribution in [0.3, 0.4) is 0 Å². The number of rotatable bonds is 0. The van der Waals surface area contributed by atoms with E-state index >= 15 is 0 Å². The summed E-state index contributed by atoms with van der Waals surface area (Å²) in [4.78, 5) is 0. The molecule has 0 aromatic heterocycles. The average molecular weight is 215 g/mol. The van der Waals surface area contributed by atoms with Crippen LogP contribution >= 0.6 is 23.5 Å². The molecular weight excluding hydrogens is 206 g/mol. The van der Waals surface area contributed by atoms with Gasteiger partial charge in [0.2, 0.25) is 0 Å². The lowest BCUT2D eigenvalue weighted by atomic mass is 11.0. The highest BCUT2D eigenvalue weighted by molar-refractivity contribution is 8.41. The largest absolute Gasteiger partial charge is 0.288 e. The molecule has 1 heterocycles. The van der Waals surface area contributed by atoms with Gasteiger partial charge in [0.05, 0.1) is 6.26 Å². The Morgan fingerprint density at radius 3 is 1.82 bits per heavy atom. The maximum absolute atomic E-state index is 9.19. The second kappa shape index (κ2) is 5.02. The molecule has 0 unspecified atom stereocenters. The molecule has 1 aliphatic heterocycles. The maximum atomic E-state index is 9.19. The third-order valence-electron chi connectivity index (χ3n) is 0.550. The summed E-state index contributed by atoms with van der Waals surface area (Å²) in [5.41, 5.74) is 0. The zero-order valence-corrected chi connectivity index (χ0v) is 8.35. The summed E-state index contributed by atoms with van der Waals surface area (Å²) in [7, 11) is -3.67. The molecule has 0 amide bonds. The van der Waals surface area contributed by atoms with Crippen LogP contribution in [0.1, 0.15) is 0 Å². The van der Waals surface area contributed by atoms with E-state index in [-0.39, 0.29) is 0 Å². The molecular formula is C4H9NO3S3. The third-order valence-corrected chi connectivity index (χ3v) is 2.86. The van der Waals surface area contributed by atoms with Gasteiger partial charge in [-0.15, -0.1) is 0 Å². The Labute approximate surface area is 74.4 Å². The van der Waals surface area contributed by atoms with Crippen molar-refractivity contribution in [3.8, 4) is 0 Å². The van der Waals surface area contributed by atoms with Crippen LogP contribution in [0.4, 0.5) is 0 Å². The molecule has 11 heavy (non-hydrogen) atoms. The van der Waals surface area contributed by atoms with E-state index < -0.39 is 10.1 Å². The fourth-order valence-electron chi connectivity index (χ4n) is 0.310. The summed E-state index contributed by atoms with van der Waals surface area (Å²) in [5.74, 6) is 2.28. The van der Waals surface area contributed by atoms with Gasteiger partial charge in [0.1, 0.15) is 4.38 Å². The molecule has 0 bridgehead atoms. The Bertz CT molecular complexity index is 207. The molecule has 1 saturated heterocycles. The molecule has 0 radical (unpaired) electrons. The Kier molecular flexibility index (Phi) is 5.15. The van der Waals surface area contributed by atoms with Crippen LogP contribution in [-0.2, 0) is 10.1 Å². The maximum Gasteiger partial charge on any atom is 0.261 e. The van der Waals surface area contributed by atoms with Crippen LogP contribution < -0.4 is 0 Å². The van der Waals surface area contributed by atoms with Crippen molar-refractivity contribution in [2.75, 3.05) is 17.8 Å². The molecule has 0 aliphatic carbocycles. The van der Waals surface area contributed by atoms with Crippen LogP contribution in [0.15, 0.2) is 0 Å². The molecule has 0 saturated carbocycles. The highest BCUT2D eigenvalue weighted by atomic mass is 32.2. The van der Waals surface area contributed by atoms with Crippen molar-refractivity contribution in [2.24, 2.45) is 0 Å². The normalized spacial score (nSPS) is 17.5. The lowest BCUT2D eigenvalue weighted by Crippen LogP contribution is -1.88. The Morgan fingerprint density at radius 2 is 1.73 bits per heavy atom. The SMILES string of the molecule is CS(=O)(=O)O.N=C1SCCS1. The minimum atomic E-state index is -3.67. The van der Waals surface area contributed by atoms with Gasteiger partial charge >= 0.3 is 0 Å². The van der Waals surface area contributed by atoms with Gasteiger partial charge in [0.15, 0.2) is 0 Å². The zero-order valence-electron chi connectivity index (χ0n) is 5.90. The quantitative estimate of drug-likeness (QED) is 0.587. The van der Waals surface area contributed by atoms with E-state index in [9.17, 15) is 8.42 Å². The third kappa shape index (κ3) is 13.3. The summed E-state index contributed by atoms with van der Waals surface area (Å²) < 4.78 is 26.7. The van der Waals surface area contributed by atoms with E-state index in [1.54, 1.807) is 23.5 Å². The van der Waals surface area contributed by atoms with Crippen LogP contribution in [0, 0.1) is 5.41 Å². The zero-order chi connectivity index (χ0) is 8.91. The minimum Gasteiger partial charge on any atom is -0.288 e. The topological polar surface area (TPSA) is 78.2 Å². The monoisotopic (exact) mass is 215 g/mol. The molecule has 7 heteroatoms. The number of thioether (sulfide) groups is 2. The summed E-state index contributed by atoms with van der Waals surface area (Å²) >= 11 is 3.29. The van der Waals surface area contributed by atoms with E-state index in [1.807, 2.05) is 0 Å². The van der Waals surface area contributed by atoms with Crippen molar-refractivity contribution in [3.05, 3.63) is 0 Å². The second-order valence-corrected chi connectivity index (χ2v) is 5.65. The second-order valence-electron chi connectivity index (χ2n) is 1.72. The van der Waals surface area contributed by atoms with Crippen molar-refractivity contribution < 1.29 is 13.0 Å². The van der Waals surface area contributed by atoms with Gasteiger partial charge in [-0.25, -0.2) is 0 Å². The smallest absolute Gasteiger partial charge is 0.261 e. The molecule has 4 nitrogen and oxygen atoms in total. The van der Waals surface area contributed by atoms with Crippen molar-refractivity contribution in [1.29, 1.82) is 5.41 Å². The first kappa shape index (κ1) is 11.3. The van der Waals surface area contributed by atoms with E-state index in [1.165, 1.54) is 0 Å². The number of hydrogen-bond donors (Lipinski definition) is 2. The first-order valence-corrected chi connectivity index (χ1v) is 6.48. The molecule has 1 rings (SSSR count). The van der Waals surface area contributed by atoms with E-state index in [4.69, 9.17) is 9.96 Å². The molecule has 0 aromatic rings. The summed E-state index contributed by atoms with van der Waals surface area (Å²) in [6.07, 6.45) is 0.715. The molecule has 1 fully saturated rings. The summed E-state index contributed by atoms with van der Waals surface area (Å²) in [6.45, 7) is 0. The Morgan fingerprint density at radius 1 is 1.45 bits per heavy atom. The fourth-order valence-corrected chi connectivity index (χ4v) is 2.18. The number of hydrogen-bond acceptors (Lipinski definition) is 5. The van der Waals surface area contributed by atoms with Crippen molar-refractivity contribution in [1.82, 2.24) is 0 Å². The molecule has 2 N–H and O–H groups in total. The predicted molar refractivity (Wildman–Crippen MR) is 50.1 cm³/mol. The molecule has 1 aliphatic rings. The highest BCUT2D eigenvalue weighted by Crippen LogP contribution is 2.23. The van der Waals surface area contributed by atoms with Crippen molar-refractivity contribution in [3.63, 3.8) is 0 Å². The molecule has 66 valence electrons. The minimum absolute atomic E-state index is 0.715. The Hall–Kier alpha value is 0.280. The predicted octanol–water partition coefficient (Wildman–Crippen LogP) is 0.905. The van der Waals surface area contributed by atoms with Gasteiger partial charge in [0.25, 0.3) is 10.1 Å². The van der Waals surface area contributed by atoms with E-state index in [0.717, 1.165) is 15.9 Å². The van der Waals surface area contributed by atoms with Gasteiger partial charge in [-0.05, 0) is 0 Å². The van der Waals surface area contributed by atoms with Crippen LogP contribution in [-0.4, -0.2) is 35.1 Å². The van der Waals surface area contributed by atoms with Gasteiger partial charge in [0, 0.05) is 11.5 Å². The Balaban J connectivity index is 0.000000187. The molecule has 0 atom stereocenters. The summed E-state index contributed by atoms with van der Waals surface area (Å²) in [6, 6.07) is 0. The summed E-state index contributed by atoms with van der Waals surface area (Å²) in [5, 5.41) is 6.97. The van der Waals surface area contributed by atoms with Crippen LogP contribution in [0.25, 0.3) is 0 Å². The fraction of sp³-hybridized carbons (Fsp3) is 0.750.